The molecule has 1 aliphatic rings. The molecule has 4 rings (SSSR count). The summed E-state index contributed by atoms with van der Waals surface area (Å²) in [4.78, 5) is 11.8. The van der Waals surface area contributed by atoms with E-state index in [-0.39, 0.29) is 6.10 Å². The average molecular weight is 325 g/mol. The molecular formula is C18H23N5O. The largest absolute Gasteiger partial charge is 0.368 e. The first-order chi connectivity index (χ1) is 11.6. The minimum absolute atomic E-state index is 0.0205. The van der Waals surface area contributed by atoms with Crippen LogP contribution in [0.2, 0.25) is 0 Å². The molecule has 1 aromatic carbocycles. The van der Waals surface area contributed by atoms with E-state index in [9.17, 15) is 0 Å². The van der Waals surface area contributed by atoms with Crippen molar-refractivity contribution in [2.75, 3.05) is 19.7 Å². The Kier molecular flexibility index (Phi) is 3.86. The number of rotatable bonds is 3. The summed E-state index contributed by atoms with van der Waals surface area (Å²) in [6.45, 7) is 5.33. The summed E-state index contributed by atoms with van der Waals surface area (Å²) >= 11 is 0. The van der Waals surface area contributed by atoms with E-state index in [4.69, 9.17) is 9.72 Å². The molecule has 1 atom stereocenters. The monoisotopic (exact) mass is 325 g/mol. The molecule has 6 nitrogen and oxygen atoms in total. The first kappa shape index (κ1) is 15.4. The van der Waals surface area contributed by atoms with Gasteiger partial charge in [0, 0.05) is 33.4 Å². The van der Waals surface area contributed by atoms with Gasteiger partial charge in [-0.1, -0.05) is 12.1 Å². The van der Waals surface area contributed by atoms with Crippen molar-refractivity contribution in [2.45, 2.75) is 19.6 Å². The zero-order valence-electron chi connectivity index (χ0n) is 14.4. The summed E-state index contributed by atoms with van der Waals surface area (Å²) in [5.74, 6) is 2.09. The number of morpholine rings is 1. The summed E-state index contributed by atoms with van der Waals surface area (Å²) in [7, 11) is 4.12. The van der Waals surface area contributed by atoms with E-state index in [1.165, 1.54) is 5.52 Å². The Hall–Kier alpha value is -2.18. The van der Waals surface area contributed by atoms with Crippen LogP contribution in [0.3, 0.4) is 0 Å². The number of hydrogen-bond donors (Lipinski definition) is 0. The maximum atomic E-state index is 5.96. The Bertz CT molecular complexity index is 866. The number of benzene rings is 1. The number of imidazole rings is 2. The quantitative estimate of drug-likeness (QED) is 0.741. The van der Waals surface area contributed by atoms with Gasteiger partial charge in [0.05, 0.1) is 29.9 Å². The lowest BCUT2D eigenvalue weighted by atomic mass is 10.2. The van der Waals surface area contributed by atoms with E-state index in [1.807, 2.05) is 26.2 Å². The van der Waals surface area contributed by atoms with Crippen molar-refractivity contribution in [1.29, 1.82) is 0 Å². The fraction of sp³-hybridized carbons (Fsp3) is 0.444. The third-order valence-electron chi connectivity index (χ3n) is 4.72. The van der Waals surface area contributed by atoms with E-state index in [0.29, 0.717) is 0 Å². The van der Waals surface area contributed by atoms with Crippen LogP contribution in [0.4, 0.5) is 0 Å². The highest BCUT2D eigenvalue weighted by Crippen LogP contribution is 2.23. The molecule has 0 spiro atoms. The standard InChI is InChI=1S/C18H23N5O/c1-13-10-21(2)18(19-13)16-11-23(8-9-24-16)12-17-20-14-6-4-5-7-15(14)22(17)3/h4-7,10,16H,8-9,11-12H2,1-3H3. The van der Waals surface area contributed by atoms with Crippen molar-refractivity contribution in [3.63, 3.8) is 0 Å². The normalized spacial score (nSPS) is 19.2. The minimum atomic E-state index is 0.0205. The maximum absolute atomic E-state index is 5.96. The number of ether oxygens (including phenoxy) is 1. The summed E-state index contributed by atoms with van der Waals surface area (Å²) < 4.78 is 10.2. The highest BCUT2D eigenvalue weighted by atomic mass is 16.5. The van der Waals surface area contributed by atoms with E-state index in [1.54, 1.807) is 0 Å². The molecule has 2 aromatic heterocycles. The van der Waals surface area contributed by atoms with Gasteiger partial charge in [0.2, 0.25) is 0 Å². The lowest BCUT2D eigenvalue weighted by Crippen LogP contribution is -2.39. The topological polar surface area (TPSA) is 48.1 Å². The van der Waals surface area contributed by atoms with Crippen LogP contribution < -0.4 is 0 Å². The van der Waals surface area contributed by atoms with Crippen molar-refractivity contribution in [3.05, 3.63) is 47.8 Å². The van der Waals surface area contributed by atoms with Crippen LogP contribution in [0.15, 0.2) is 30.5 Å². The number of nitrogens with zero attached hydrogens (tertiary/aromatic N) is 5. The molecule has 0 radical (unpaired) electrons. The lowest BCUT2D eigenvalue weighted by Gasteiger charge is -2.32. The molecule has 1 saturated heterocycles. The van der Waals surface area contributed by atoms with Gasteiger partial charge in [-0.15, -0.1) is 0 Å². The number of para-hydroxylation sites is 2. The Balaban J connectivity index is 1.54. The molecule has 126 valence electrons. The van der Waals surface area contributed by atoms with Gasteiger partial charge in [0.1, 0.15) is 17.8 Å². The third kappa shape index (κ3) is 2.72. The van der Waals surface area contributed by atoms with Gasteiger partial charge in [0.15, 0.2) is 0 Å². The SMILES string of the molecule is Cc1cn(C)c(C2CN(Cc3nc4ccccc4n3C)CCO2)n1. The van der Waals surface area contributed by atoms with E-state index < -0.39 is 0 Å². The zero-order chi connectivity index (χ0) is 16.7. The molecule has 0 saturated carbocycles. The molecule has 0 N–H and O–H groups in total. The summed E-state index contributed by atoms with van der Waals surface area (Å²) in [6.07, 6.45) is 2.07. The predicted molar refractivity (Wildman–Crippen MR) is 92.6 cm³/mol. The molecular weight excluding hydrogens is 302 g/mol. The number of fused-ring (bicyclic) bond motifs is 1. The fourth-order valence-corrected chi connectivity index (χ4v) is 3.47. The molecule has 3 aromatic rings. The molecule has 3 heterocycles. The highest BCUT2D eigenvalue weighted by molar-refractivity contribution is 5.75. The van der Waals surface area contributed by atoms with Crippen LogP contribution in [-0.2, 0) is 25.4 Å². The van der Waals surface area contributed by atoms with Crippen molar-refractivity contribution in [3.8, 4) is 0 Å². The number of aryl methyl sites for hydroxylation is 3. The third-order valence-corrected chi connectivity index (χ3v) is 4.72. The van der Waals surface area contributed by atoms with Gasteiger partial charge in [-0.25, -0.2) is 9.97 Å². The van der Waals surface area contributed by atoms with Crippen LogP contribution in [-0.4, -0.2) is 43.7 Å². The Morgan fingerprint density at radius 3 is 2.79 bits per heavy atom. The van der Waals surface area contributed by atoms with Crippen LogP contribution in [0.25, 0.3) is 11.0 Å². The second kappa shape index (κ2) is 6.03. The summed E-state index contributed by atoms with van der Waals surface area (Å²) in [5, 5.41) is 0. The first-order valence-electron chi connectivity index (χ1n) is 8.36. The van der Waals surface area contributed by atoms with E-state index in [0.717, 1.165) is 49.1 Å². The molecule has 0 aliphatic carbocycles. The first-order valence-corrected chi connectivity index (χ1v) is 8.36. The summed E-state index contributed by atoms with van der Waals surface area (Å²) in [5.41, 5.74) is 3.26. The zero-order valence-corrected chi connectivity index (χ0v) is 14.4. The van der Waals surface area contributed by atoms with E-state index in [2.05, 4.69) is 44.3 Å². The van der Waals surface area contributed by atoms with Gasteiger partial charge < -0.3 is 13.9 Å². The van der Waals surface area contributed by atoms with Gasteiger partial charge in [-0.05, 0) is 19.1 Å². The van der Waals surface area contributed by atoms with Crippen molar-refractivity contribution >= 4 is 11.0 Å². The molecule has 1 aliphatic heterocycles. The highest BCUT2D eigenvalue weighted by Gasteiger charge is 2.26. The number of aromatic nitrogens is 4. The second-order valence-electron chi connectivity index (χ2n) is 6.52. The second-order valence-corrected chi connectivity index (χ2v) is 6.52. The molecule has 24 heavy (non-hydrogen) atoms. The average Bonchev–Trinajstić information content (AvgIpc) is 3.08. The van der Waals surface area contributed by atoms with Crippen molar-refractivity contribution in [1.82, 2.24) is 24.0 Å². The predicted octanol–water partition coefficient (Wildman–Crippen LogP) is 2.19. The molecule has 1 fully saturated rings. The van der Waals surface area contributed by atoms with Crippen LogP contribution >= 0.6 is 0 Å². The molecule has 0 bridgehead atoms. The number of hydrogen-bond acceptors (Lipinski definition) is 4. The smallest absolute Gasteiger partial charge is 0.139 e. The molecule has 6 heteroatoms. The van der Waals surface area contributed by atoms with Gasteiger partial charge in [-0.3, -0.25) is 4.90 Å². The summed E-state index contributed by atoms with van der Waals surface area (Å²) in [6, 6.07) is 8.28. The lowest BCUT2D eigenvalue weighted by molar-refractivity contribution is -0.0393. The van der Waals surface area contributed by atoms with Crippen molar-refractivity contribution < 1.29 is 4.74 Å². The van der Waals surface area contributed by atoms with Crippen molar-refractivity contribution in [2.24, 2.45) is 14.1 Å². The van der Waals surface area contributed by atoms with Gasteiger partial charge in [-0.2, -0.15) is 0 Å². The van der Waals surface area contributed by atoms with Crippen LogP contribution in [0.1, 0.15) is 23.4 Å². The molecule has 1 unspecified atom stereocenters. The van der Waals surface area contributed by atoms with Crippen LogP contribution in [0, 0.1) is 6.92 Å². The fourth-order valence-electron chi connectivity index (χ4n) is 3.47. The Labute approximate surface area is 141 Å². The van der Waals surface area contributed by atoms with Gasteiger partial charge >= 0.3 is 0 Å². The Morgan fingerprint density at radius 1 is 1.21 bits per heavy atom. The maximum Gasteiger partial charge on any atom is 0.139 e. The Morgan fingerprint density at radius 2 is 2.04 bits per heavy atom. The molecule has 0 amide bonds. The van der Waals surface area contributed by atoms with Gasteiger partial charge in [0.25, 0.3) is 0 Å². The van der Waals surface area contributed by atoms with E-state index >= 15 is 0 Å². The van der Waals surface area contributed by atoms with Crippen LogP contribution in [0.5, 0.6) is 0 Å². The minimum Gasteiger partial charge on any atom is -0.368 e.